The summed E-state index contributed by atoms with van der Waals surface area (Å²) in [5.74, 6) is 0.00868. The van der Waals surface area contributed by atoms with Gasteiger partial charge in [0.15, 0.2) is 0 Å². The molecule has 100 valence electrons. The summed E-state index contributed by atoms with van der Waals surface area (Å²) >= 11 is 4.75. The summed E-state index contributed by atoms with van der Waals surface area (Å²) in [5.41, 5.74) is 4.69. The maximum atomic E-state index is 12.5. The van der Waals surface area contributed by atoms with Crippen molar-refractivity contribution in [2.24, 2.45) is 5.73 Å². The van der Waals surface area contributed by atoms with Crippen LogP contribution in [0.3, 0.4) is 0 Å². The fourth-order valence-electron chi connectivity index (χ4n) is 1.22. The van der Waals surface area contributed by atoms with Crippen molar-refractivity contribution in [2.45, 2.75) is 6.18 Å². The molecule has 0 amide bonds. The zero-order chi connectivity index (χ0) is 13.8. The van der Waals surface area contributed by atoms with Crippen LogP contribution in [0, 0.1) is 0 Å². The van der Waals surface area contributed by atoms with E-state index >= 15 is 0 Å². The van der Waals surface area contributed by atoms with Crippen molar-refractivity contribution in [3.8, 4) is 0 Å². The number of anilines is 1. The molecule has 0 aromatic carbocycles. The van der Waals surface area contributed by atoms with E-state index in [1.807, 2.05) is 0 Å². The van der Waals surface area contributed by atoms with E-state index in [0.717, 1.165) is 6.07 Å². The van der Waals surface area contributed by atoms with Crippen molar-refractivity contribution in [3.05, 3.63) is 23.4 Å². The highest BCUT2D eigenvalue weighted by Gasteiger charge is 2.33. The minimum Gasteiger partial charge on any atom is -0.389 e. The standard InChI is InChI=1S/C10H12F3N3OS/c1-17-5-4-15-9-6(8(14)18)2-3-7(16-9)10(11,12)13/h2-3H,4-5H2,1H3,(H2,14,18)(H,15,16). The molecule has 0 aliphatic heterocycles. The largest absolute Gasteiger partial charge is 0.433 e. The van der Waals surface area contributed by atoms with Crippen LogP contribution in [0.2, 0.25) is 0 Å². The number of nitrogens with zero attached hydrogens (tertiary/aromatic N) is 1. The minimum atomic E-state index is -4.51. The maximum absolute atomic E-state index is 12.5. The van der Waals surface area contributed by atoms with Gasteiger partial charge in [0.1, 0.15) is 16.5 Å². The number of pyridine rings is 1. The first kappa shape index (κ1) is 14.7. The van der Waals surface area contributed by atoms with Gasteiger partial charge in [-0.15, -0.1) is 0 Å². The number of halogens is 3. The van der Waals surface area contributed by atoms with E-state index in [4.69, 9.17) is 22.7 Å². The molecule has 8 heteroatoms. The number of hydrogen-bond donors (Lipinski definition) is 2. The lowest BCUT2D eigenvalue weighted by Crippen LogP contribution is -2.19. The Labute approximate surface area is 107 Å². The number of rotatable bonds is 5. The van der Waals surface area contributed by atoms with E-state index in [-0.39, 0.29) is 16.4 Å². The zero-order valence-corrected chi connectivity index (χ0v) is 10.4. The van der Waals surface area contributed by atoms with E-state index in [1.165, 1.54) is 13.2 Å². The van der Waals surface area contributed by atoms with Gasteiger partial charge < -0.3 is 15.8 Å². The predicted octanol–water partition coefficient (Wildman–Crippen LogP) is 1.79. The summed E-state index contributed by atoms with van der Waals surface area (Å²) in [7, 11) is 1.48. The molecule has 3 N–H and O–H groups in total. The van der Waals surface area contributed by atoms with Crippen molar-refractivity contribution in [3.63, 3.8) is 0 Å². The third kappa shape index (κ3) is 3.81. The number of methoxy groups -OCH3 is 1. The van der Waals surface area contributed by atoms with Crippen LogP contribution in [0.5, 0.6) is 0 Å². The van der Waals surface area contributed by atoms with Crippen LogP contribution in [0.1, 0.15) is 11.3 Å². The van der Waals surface area contributed by atoms with Gasteiger partial charge in [-0.1, -0.05) is 12.2 Å². The number of thiocarbonyl (C=S) groups is 1. The number of nitrogens with one attached hydrogen (secondary N) is 1. The molecule has 1 aromatic heterocycles. The van der Waals surface area contributed by atoms with Crippen LogP contribution in [0.25, 0.3) is 0 Å². The third-order valence-corrected chi connectivity index (χ3v) is 2.27. The SMILES string of the molecule is COCCNc1nc(C(F)(F)F)ccc1C(N)=S. The average Bonchev–Trinajstić information content (AvgIpc) is 2.27. The summed E-state index contributed by atoms with van der Waals surface area (Å²) in [6.45, 7) is 0.634. The Hall–Kier alpha value is -1.41. The molecule has 4 nitrogen and oxygen atoms in total. The molecule has 1 aromatic rings. The second kappa shape index (κ2) is 5.96. The first-order valence-electron chi connectivity index (χ1n) is 4.97. The predicted molar refractivity (Wildman–Crippen MR) is 65.5 cm³/mol. The van der Waals surface area contributed by atoms with Gasteiger partial charge in [-0.25, -0.2) is 4.98 Å². The first-order chi connectivity index (χ1) is 8.36. The quantitative estimate of drug-likeness (QED) is 0.635. The number of ether oxygens (including phenoxy) is 1. The summed E-state index contributed by atoms with van der Waals surface area (Å²) in [4.78, 5) is 3.46. The lowest BCUT2D eigenvalue weighted by Gasteiger charge is -2.13. The van der Waals surface area contributed by atoms with Gasteiger partial charge in [0.25, 0.3) is 0 Å². The Morgan fingerprint density at radius 2 is 2.17 bits per heavy atom. The minimum absolute atomic E-state index is 0.00868. The summed E-state index contributed by atoms with van der Waals surface area (Å²) in [6, 6.07) is 2.04. The van der Waals surface area contributed by atoms with E-state index in [1.54, 1.807) is 0 Å². The van der Waals surface area contributed by atoms with Crippen LogP contribution >= 0.6 is 12.2 Å². The van der Waals surface area contributed by atoms with E-state index < -0.39 is 11.9 Å². The van der Waals surface area contributed by atoms with Crippen LogP contribution < -0.4 is 11.1 Å². The highest BCUT2D eigenvalue weighted by atomic mass is 32.1. The van der Waals surface area contributed by atoms with Gasteiger partial charge in [-0.2, -0.15) is 13.2 Å². The average molecular weight is 279 g/mol. The third-order valence-electron chi connectivity index (χ3n) is 2.05. The Morgan fingerprint density at radius 1 is 1.50 bits per heavy atom. The van der Waals surface area contributed by atoms with Gasteiger partial charge in [0.2, 0.25) is 0 Å². The van der Waals surface area contributed by atoms with Gasteiger partial charge in [-0.05, 0) is 12.1 Å². The molecular weight excluding hydrogens is 267 g/mol. The fraction of sp³-hybridized carbons (Fsp3) is 0.400. The second-order valence-electron chi connectivity index (χ2n) is 3.37. The molecule has 0 saturated heterocycles. The fourth-order valence-corrected chi connectivity index (χ4v) is 1.39. The Balaban J connectivity index is 3.04. The van der Waals surface area contributed by atoms with Crippen LogP contribution in [0.4, 0.5) is 19.0 Å². The highest BCUT2D eigenvalue weighted by molar-refractivity contribution is 7.80. The topological polar surface area (TPSA) is 60.2 Å². The molecule has 0 unspecified atom stereocenters. The molecular formula is C10H12F3N3OS. The van der Waals surface area contributed by atoms with Gasteiger partial charge in [0, 0.05) is 13.7 Å². The Kier molecular flexibility index (Phi) is 4.85. The Bertz CT molecular complexity index is 437. The van der Waals surface area contributed by atoms with Crippen molar-refractivity contribution in [1.82, 2.24) is 4.98 Å². The first-order valence-corrected chi connectivity index (χ1v) is 5.38. The molecule has 0 spiro atoms. The lowest BCUT2D eigenvalue weighted by molar-refractivity contribution is -0.141. The van der Waals surface area contributed by atoms with Gasteiger partial charge in [-0.3, -0.25) is 0 Å². The molecule has 0 saturated carbocycles. The van der Waals surface area contributed by atoms with Crippen LogP contribution in [-0.4, -0.2) is 30.2 Å². The lowest BCUT2D eigenvalue weighted by atomic mass is 10.2. The van der Waals surface area contributed by atoms with E-state index in [0.29, 0.717) is 13.2 Å². The summed E-state index contributed by atoms with van der Waals surface area (Å²) < 4.78 is 42.3. The molecule has 1 rings (SSSR count). The van der Waals surface area contributed by atoms with Crippen molar-refractivity contribution in [2.75, 3.05) is 25.6 Å². The summed E-state index contributed by atoms with van der Waals surface area (Å²) in [6.07, 6.45) is -4.51. The summed E-state index contributed by atoms with van der Waals surface area (Å²) in [5, 5.41) is 2.70. The smallest absolute Gasteiger partial charge is 0.389 e. The monoisotopic (exact) mass is 279 g/mol. The normalized spacial score (nSPS) is 11.3. The molecule has 18 heavy (non-hydrogen) atoms. The van der Waals surface area contributed by atoms with Gasteiger partial charge >= 0.3 is 6.18 Å². The molecule has 0 radical (unpaired) electrons. The highest BCUT2D eigenvalue weighted by Crippen LogP contribution is 2.29. The van der Waals surface area contributed by atoms with Gasteiger partial charge in [0.05, 0.1) is 12.2 Å². The van der Waals surface area contributed by atoms with Crippen molar-refractivity contribution in [1.29, 1.82) is 0 Å². The van der Waals surface area contributed by atoms with Crippen LogP contribution in [-0.2, 0) is 10.9 Å². The van der Waals surface area contributed by atoms with E-state index in [2.05, 4.69) is 10.3 Å². The maximum Gasteiger partial charge on any atom is 0.433 e. The second-order valence-corrected chi connectivity index (χ2v) is 3.81. The zero-order valence-electron chi connectivity index (χ0n) is 9.54. The van der Waals surface area contributed by atoms with E-state index in [9.17, 15) is 13.2 Å². The molecule has 0 aliphatic rings. The molecule has 0 atom stereocenters. The van der Waals surface area contributed by atoms with Crippen molar-refractivity contribution < 1.29 is 17.9 Å². The number of aromatic nitrogens is 1. The molecule has 0 fully saturated rings. The number of nitrogens with two attached hydrogens (primary N) is 1. The Morgan fingerprint density at radius 3 is 2.67 bits per heavy atom. The number of alkyl halides is 3. The molecule has 0 aliphatic carbocycles. The molecule has 0 bridgehead atoms. The molecule has 1 heterocycles. The van der Waals surface area contributed by atoms with Crippen LogP contribution in [0.15, 0.2) is 12.1 Å². The van der Waals surface area contributed by atoms with Crippen molar-refractivity contribution >= 4 is 23.0 Å². The number of hydrogen-bond acceptors (Lipinski definition) is 4.